The number of aliphatic hydroxyl groups is 1. The van der Waals surface area contributed by atoms with Gasteiger partial charge in [0.15, 0.2) is 0 Å². The number of nitrogens with zero attached hydrogens (tertiary/aromatic N) is 2. The van der Waals surface area contributed by atoms with Crippen molar-refractivity contribution in [2.24, 2.45) is 0 Å². The molecule has 4 rings (SSSR count). The normalized spacial score (nSPS) is 15.4. The molecular formula is C19H17N3O4. The van der Waals surface area contributed by atoms with Crippen LogP contribution in [0.4, 0.5) is 0 Å². The van der Waals surface area contributed by atoms with Gasteiger partial charge in [-0.3, -0.25) is 4.79 Å². The van der Waals surface area contributed by atoms with E-state index in [1.165, 1.54) is 0 Å². The molecule has 0 fully saturated rings. The van der Waals surface area contributed by atoms with Crippen molar-refractivity contribution in [1.29, 1.82) is 0 Å². The highest BCUT2D eigenvalue weighted by Gasteiger charge is 2.27. The Hall–Kier alpha value is -3.19. The summed E-state index contributed by atoms with van der Waals surface area (Å²) in [6.45, 7) is 1.99. The standard InChI is InChI=1S/C19H17N3O4/c1-11-20-18(22-26-11)13-5-6-15-16(10-25-17(15)8-13)21-19(24)14-4-2-3-12(7-14)9-23/h2-8,16,23H,9-10H2,1H3,(H,21,24). The molecule has 1 aliphatic rings. The number of amides is 1. The van der Waals surface area contributed by atoms with Crippen LogP contribution in [0, 0.1) is 6.92 Å². The van der Waals surface area contributed by atoms with Crippen LogP contribution in [0.3, 0.4) is 0 Å². The number of benzene rings is 2. The fraction of sp³-hybridized carbons (Fsp3) is 0.211. The van der Waals surface area contributed by atoms with Crippen LogP contribution in [0.1, 0.15) is 33.4 Å². The Morgan fingerprint density at radius 1 is 1.31 bits per heavy atom. The number of hydrogen-bond donors (Lipinski definition) is 2. The van der Waals surface area contributed by atoms with Crippen molar-refractivity contribution in [3.63, 3.8) is 0 Å². The van der Waals surface area contributed by atoms with E-state index in [2.05, 4.69) is 15.5 Å². The molecule has 0 aliphatic carbocycles. The highest BCUT2D eigenvalue weighted by Crippen LogP contribution is 2.35. The summed E-state index contributed by atoms with van der Waals surface area (Å²) in [7, 11) is 0. The number of aryl methyl sites for hydroxylation is 1. The van der Waals surface area contributed by atoms with E-state index in [4.69, 9.17) is 9.26 Å². The molecular weight excluding hydrogens is 334 g/mol. The van der Waals surface area contributed by atoms with E-state index in [0.717, 1.165) is 11.1 Å². The van der Waals surface area contributed by atoms with Crippen LogP contribution < -0.4 is 10.1 Å². The van der Waals surface area contributed by atoms with Crippen molar-refractivity contribution in [3.05, 3.63) is 65.0 Å². The largest absolute Gasteiger partial charge is 0.491 e. The molecule has 0 radical (unpaired) electrons. The van der Waals surface area contributed by atoms with Crippen molar-refractivity contribution >= 4 is 5.91 Å². The van der Waals surface area contributed by atoms with E-state index < -0.39 is 0 Å². The van der Waals surface area contributed by atoms with Gasteiger partial charge >= 0.3 is 0 Å². The van der Waals surface area contributed by atoms with Crippen molar-refractivity contribution < 1.29 is 19.2 Å². The van der Waals surface area contributed by atoms with Crippen molar-refractivity contribution in [2.75, 3.05) is 6.61 Å². The maximum absolute atomic E-state index is 12.5. The summed E-state index contributed by atoms with van der Waals surface area (Å²) in [5.74, 6) is 1.48. The molecule has 0 bridgehead atoms. The summed E-state index contributed by atoms with van der Waals surface area (Å²) < 4.78 is 10.7. The Balaban J connectivity index is 1.53. The number of nitrogens with one attached hydrogen (secondary N) is 1. The lowest BCUT2D eigenvalue weighted by Gasteiger charge is -2.12. The van der Waals surface area contributed by atoms with E-state index in [0.29, 0.717) is 35.2 Å². The van der Waals surface area contributed by atoms with Crippen LogP contribution in [0.5, 0.6) is 5.75 Å². The Morgan fingerprint density at radius 2 is 2.19 bits per heavy atom. The number of aromatic nitrogens is 2. The van der Waals surface area contributed by atoms with E-state index in [9.17, 15) is 9.90 Å². The lowest BCUT2D eigenvalue weighted by atomic mass is 10.0. The summed E-state index contributed by atoms with van der Waals surface area (Å²) in [6, 6.07) is 12.3. The molecule has 7 nitrogen and oxygen atoms in total. The maximum atomic E-state index is 12.5. The molecule has 1 atom stereocenters. The first-order valence-electron chi connectivity index (χ1n) is 8.22. The molecule has 1 amide bonds. The summed E-state index contributed by atoms with van der Waals surface area (Å²) in [5.41, 5.74) is 2.90. The first-order chi connectivity index (χ1) is 12.6. The molecule has 26 heavy (non-hydrogen) atoms. The lowest BCUT2D eigenvalue weighted by Crippen LogP contribution is -2.29. The molecule has 2 heterocycles. The van der Waals surface area contributed by atoms with Gasteiger partial charge in [-0.15, -0.1) is 0 Å². The third-order valence-corrected chi connectivity index (χ3v) is 4.26. The second kappa shape index (κ2) is 6.61. The summed E-state index contributed by atoms with van der Waals surface area (Å²) in [5, 5.41) is 16.1. The molecule has 0 spiro atoms. The van der Waals surface area contributed by atoms with Crippen LogP contribution in [-0.4, -0.2) is 27.8 Å². The molecule has 1 aromatic heterocycles. The van der Waals surface area contributed by atoms with E-state index in [-0.39, 0.29) is 18.6 Å². The first kappa shape index (κ1) is 16.3. The minimum absolute atomic E-state index is 0.102. The molecule has 2 aromatic carbocycles. The Kier molecular flexibility index (Phi) is 4.14. The van der Waals surface area contributed by atoms with Crippen LogP contribution in [0.2, 0.25) is 0 Å². The summed E-state index contributed by atoms with van der Waals surface area (Å²) >= 11 is 0. The van der Waals surface area contributed by atoms with Gasteiger partial charge in [-0.2, -0.15) is 4.98 Å². The van der Waals surface area contributed by atoms with E-state index in [1.807, 2.05) is 18.2 Å². The molecule has 1 aliphatic heterocycles. The monoisotopic (exact) mass is 351 g/mol. The van der Waals surface area contributed by atoms with E-state index >= 15 is 0 Å². The van der Waals surface area contributed by atoms with Gasteiger partial charge in [-0.25, -0.2) is 0 Å². The van der Waals surface area contributed by atoms with Gasteiger partial charge < -0.3 is 19.7 Å². The highest BCUT2D eigenvalue weighted by atomic mass is 16.5. The van der Waals surface area contributed by atoms with Crippen molar-refractivity contribution in [2.45, 2.75) is 19.6 Å². The topological polar surface area (TPSA) is 97.5 Å². The predicted octanol–water partition coefficient (Wildman–Crippen LogP) is 2.40. The minimum atomic E-state index is -0.240. The second-order valence-electron chi connectivity index (χ2n) is 6.09. The SMILES string of the molecule is Cc1nc(-c2ccc3c(c2)OCC3NC(=O)c2cccc(CO)c2)no1. The number of ether oxygens (including phenoxy) is 1. The van der Waals surface area contributed by atoms with Gasteiger partial charge in [-0.05, 0) is 23.8 Å². The molecule has 0 saturated carbocycles. The zero-order valence-corrected chi connectivity index (χ0v) is 14.1. The van der Waals surface area contributed by atoms with Gasteiger partial charge in [0.25, 0.3) is 5.91 Å². The molecule has 7 heteroatoms. The van der Waals surface area contributed by atoms with Gasteiger partial charge in [0.2, 0.25) is 11.7 Å². The number of aliphatic hydroxyl groups excluding tert-OH is 1. The average Bonchev–Trinajstić information content (AvgIpc) is 3.28. The van der Waals surface area contributed by atoms with Gasteiger partial charge in [-0.1, -0.05) is 29.4 Å². The van der Waals surface area contributed by atoms with Gasteiger partial charge in [0, 0.05) is 23.6 Å². The zero-order valence-electron chi connectivity index (χ0n) is 14.1. The van der Waals surface area contributed by atoms with Crippen molar-refractivity contribution in [1.82, 2.24) is 15.5 Å². The molecule has 3 aromatic rings. The fourth-order valence-corrected chi connectivity index (χ4v) is 2.94. The number of fused-ring (bicyclic) bond motifs is 1. The molecule has 1 unspecified atom stereocenters. The van der Waals surface area contributed by atoms with Gasteiger partial charge in [0.1, 0.15) is 12.4 Å². The Bertz CT molecular complexity index is 967. The third kappa shape index (κ3) is 3.04. The van der Waals surface area contributed by atoms with Crippen LogP contribution in [-0.2, 0) is 6.61 Å². The van der Waals surface area contributed by atoms with Crippen LogP contribution in [0.15, 0.2) is 47.0 Å². The van der Waals surface area contributed by atoms with Crippen LogP contribution >= 0.6 is 0 Å². The zero-order chi connectivity index (χ0) is 18.1. The smallest absolute Gasteiger partial charge is 0.251 e. The first-order valence-corrected chi connectivity index (χ1v) is 8.22. The maximum Gasteiger partial charge on any atom is 0.251 e. The molecule has 2 N–H and O–H groups in total. The minimum Gasteiger partial charge on any atom is -0.491 e. The Morgan fingerprint density at radius 3 is 2.96 bits per heavy atom. The second-order valence-corrected chi connectivity index (χ2v) is 6.09. The van der Waals surface area contributed by atoms with Gasteiger partial charge in [0.05, 0.1) is 12.6 Å². The van der Waals surface area contributed by atoms with E-state index in [1.54, 1.807) is 31.2 Å². The highest BCUT2D eigenvalue weighted by molar-refractivity contribution is 5.94. The van der Waals surface area contributed by atoms with Crippen molar-refractivity contribution in [3.8, 4) is 17.1 Å². The third-order valence-electron chi connectivity index (χ3n) is 4.26. The number of carbonyl (C=O) groups is 1. The fourth-order valence-electron chi connectivity index (χ4n) is 2.94. The molecule has 0 saturated heterocycles. The quantitative estimate of drug-likeness (QED) is 0.749. The average molecular weight is 351 g/mol. The summed E-state index contributed by atoms with van der Waals surface area (Å²) in [6.07, 6.45) is 0. The predicted molar refractivity (Wildman–Crippen MR) is 92.5 cm³/mol. The Labute approximate surface area is 149 Å². The van der Waals surface area contributed by atoms with Crippen LogP contribution in [0.25, 0.3) is 11.4 Å². The summed E-state index contributed by atoms with van der Waals surface area (Å²) in [4.78, 5) is 16.7. The number of rotatable bonds is 4. The lowest BCUT2D eigenvalue weighted by molar-refractivity contribution is 0.0930. The number of hydrogen-bond acceptors (Lipinski definition) is 6. The molecule has 132 valence electrons. The number of carbonyl (C=O) groups excluding carboxylic acids is 1.